The molecule has 0 bridgehead atoms. The molecule has 0 aliphatic carbocycles. The van der Waals surface area contributed by atoms with E-state index in [9.17, 15) is 22.5 Å². The summed E-state index contributed by atoms with van der Waals surface area (Å²) in [5, 5.41) is 12.7. The lowest BCUT2D eigenvalue weighted by Crippen LogP contribution is -2.37. The van der Waals surface area contributed by atoms with Crippen LogP contribution in [0.1, 0.15) is 66.1 Å². The van der Waals surface area contributed by atoms with Crippen LogP contribution in [-0.2, 0) is 40.5 Å². The number of hydrogen-bond acceptors (Lipinski definition) is 8. The van der Waals surface area contributed by atoms with Crippen LogP contribution < -0.4 is 19.5 Å². The molecule has 3 heterocycles. The molecule has 11 nitrogen and oxygen atoms in total. The second-order valence-corrected chi connectivity index (χ2v) is 14.3. The van der Waals surface area contributed by atoms with Crippen molar-refractivity contribution in [1.82, 2.24) is 19.3 Å². The number of aromatic nitrogens is 1. The average molecular weight is 567 g/mol. The van der Waals surface area contributed by atoms with Crippen LogP contribution in [0.2, 0.25) is 0 Å². The molecule has 0 fully saturated rings. The predicted octanol–water partition coefficient (Wildman–Crippen LogP) is 1.53. The van der Waals surface area contributed by atoms with E-state index >= 15 is 0 Å². The molecule has 1 aromatic heterocycles. The van der Waals surface area contributed by atoms with Gasteiger partial charge in [-0.15, -0.1) is 0 Å². The summed E-state index contributed by atoms with van der Waals surface area (Å²) in [4.78, 5) is 17.8. The monoisotopic (exact) mass is 566 g/mol. The minimum Gasteiger partial charge on any atom is -0.454 e. The SMILES string of the molecule is CC(C)(C)[S@@](=O)N1Cc2cc(C(=O)NCc3ccc4c(c3)OCO4)nc(CCNS(C)(=O)=O)c2[C@H]1CCO. The lowest BCUT2D eigenvalue weighted by molar-refractivity contribution is 0.0945. The highest BCUT2D eigenvalue weighted by molar-refractivity contribution is 7.88. The molecule has 0 radical (unpaired) electrons. The van der Waals surface area contributed by atoms with Crippen LogP contribution in [0.15, 0.2) is 24.3 Å². The van der Waals surface area contributed by atoms with Gasteiger partial charge in [-0.2, -0.15) is 0 Å². The first kappa shape index (κ1) is 28.4. The van der Waals surface area contributed by atoms with Crippen molar-refractivity contribution in [3.05, 3.63) is 52.3 Å². The Bertz CT molecular complexity index is 1340. The number of ether oxygens (including phenoxy) is 2. The number of hydrogen-bond donors (Lipinski definition) is 3. The number of carbonyl (C=O) groups excluding carboxylic acids is 1. The standard InChI is InChI=1S/C25H34N4O7S2/c1-25(2,3)37(32)29-14-17-12-19(24(31)26-13-16-5-6-21-22(11-16)36-15-35-21)28-18(7-9-27-38(4,33)34)23(17)20(29)8-10-30/h5-6,11-12,20,27,30H,7-10,13-15H2,1-4H3,(H,26,31)/t20-,37-/m1/s1. The molecule has 13 heteroatoms. The zero-order valence-corrected chi connectivity index (χ0v) is 23.6. The fourth-order valence-electron chi connectivity index (χ4n) is 4.55. The van der Waals surface area contributed by atoms with Gasteiger partial charge in [0.25, 0.3) is 5.91 Å². The summed E-state index contributed by atoms with van der Waals surface area (Å²) < 4.78 is 51.2. The zero-order valence-electron chi connectivity index (χ0n) is 21.9. The number of nitrogens with one attached hydrogen (secondary N) is 2. The summed E-state index contributed by atoms with van der Waals surface area (Å²) in [6.45, 7) is 6.34. The van der Waals surface area contributed by atoms with E-state index < -0.39 is 31.7 Å². The number of pyridine rings is 1. The lowest BCUT2D eigenvalue weighted by Gasteiger charge is -2.30. The molecular formula is C25H34N4O7S2. The number of aliphatic hydroxyl groups is 1. The number of amides is 1. The van der Waals surface area contributed by atoms with E-state index in [1.807, 2.05) is 31.1 Å². The Labute approximate surface area is 225 Å². The maximum atomic E-state index is 13.4. The Hall–Kier alpha value is -2.58. The number of aliphatic hydroxyl groups excluding tert-OH is 1. The van der Waals surface area contributed by atoms with Crippen LogP contribution in [-0.4, -0.2) is 63.9 Å². The van der Waals surface area contributed by atoms with E-state index in [0.29, 0.717) is 30.2 Å². The van der Waals surface area contributed by atoms with Crippen LogP contribution in [0.25, 0.3) is 0 Å². The lowest BCUT2D eigenvalue weighted by atomic mass is 9.98. The Morgan fingerprint density at radius 1 is 1.24 bits per heavy atom. The topological polar surface area (TPSA) is 147 Å². The van der Waals surface area contributed by atoms with Gasteiger partial charge in [0.05, 0.1) is 17.0 Å². The smallest absolute Gasteiger partial charge is 0.270 e. The second-order valence-electron chi connectivity index (χ2n) is 10.3. The number of rotatable bonds is 10. The first-order chi connectivity index (χ1) is 17.9. The first-order valence-corrected chi connectivity index (χ1v) is 15.3. The Morgan fingerprint density at radius 2 is 1.97 bits per heavy atom. The molecule has 0 unspecified atom stereocenters. The molecule has 208 valence electrons. The van der Waals surface area contributed by atoms with Gasteiger partial charge >= 0.3 is 0 Å². The van der Waals surface area contributed by atoms with Gasteiger partial charge in [-0.05, 0) is 62.1 Å². The minimum atomic E-state index is -3.42. The predicted molar refractivity (Wildman–Crippen MR) is 142 cm³/mol. The third kappa shape index (κ3) is 6.52. The fraction of sp³-hybridized carbons (Fsp3) is 0.520. The number of nitrogens with zero attached hydrogens (tertiary/aromatic N) is 2. The van der Waals surface area contributed by atoms with Gasteiger partial charge in [0, 0.05) is 38.4 Å². The van der Waals surface area contributed by atoms with Gasteiger partial charge in [-0.1, -0.05) is 6.07 Å². The van der Waals surface area contributed by atoms with Gasteiger partial charge < -0.3 is 19.9 Å². The molecule has 2 aliphatic rings. The van der Waals surface area contributed by atoms with E-state index in [2.05, 4.69) is 15.0 Å². The third-order valence-corrected chi connectivity index (χ3v) is 8.80. The van der Waals surface area contributed by atoms with Crippen LogP contribution in [0.4, 0.5) is 0 Å². The van der Waals surface area contributed by atoms with Crippen molar-refractivity contribution in [3.8, 4) is 11.5 Å². The maximum absolute atomic E-state index is 13.4. The minimum absolute atomic E-state index is 0.0920. The molecule has 2 atom stereocenters. The molecule has 2 aliphatic heterocycles. The third-order valence-electron chi connectivity index (χ3n) is 6.22. The largest absolute Gasteiger partial charge is 0.454 e. The molecule has 2 aromatic rings. The van der Waals surface area contributed by atoms with E-state index in [4.69, 9.17) is 9.47 Å². The van der Waals surface area contributed by atoms with Crippen LogP contribution >= 0.6 is 0 Å². The highest BCUT2D eigenvalue weighted by atomic mass is 32.2. The zero-order chi connectivity index (χ0) is 27.7. The van der Waals surface area contributed by atoms with Crippen molar-refractivity contribution in [3.63, 3.8) is 0 Å². The van der Waals surface area contributed by atoms with Crippen LogP contribution in [0, 0.1) is 0 Å². The molecule has 1 amide bonds. The normalized spacial score (nSPS) is 17.9. The van der Waals surface area contributed by atoms with Crippen molar-refractivity contribution in [2.75, 3.05) is 26.2 Å². The molecule has 0 spiro atoms. The van der Waals surface area contributed by atoms with E-state index in [0.717, 1.165) is 22.9 Å². The Balaban J connectivity index is 1.62. The van der Waals surface area contributed by atoms with E-state index in [1.54, 1.807) is 18.2 Å². The van der Waals surface area contributed by atoms with Gasteiger partial charge in [-0.25, -0.2) is 26.6 Å². The van der Waals surface area contributed by atoms with Crippen LogP contribution in [0.3, 0.4) is 0 Å². The summed E-state index contributed by atoms with van der Waals surface area (Å²) >= 11 is 0. The maximum Gasteiger partial charge on any atom is 0.270 e. The van der Waals surface area contributed by atoms with Gasteiger partial charge in [0.15, 0.2) is 11.5 Å². The highest BCUT2D eigenvalue weighted by Gasteiger charge is 2.40. The number of carbonyl (C=O) groups is 1. The molecule has 0 saturated heterocycles. The summed E-state index contributed by atoms with van der Waals surface area (Å²) in [6.07, 6.45) is 1.64. The fourth-order valence-corrected chi connectivity index (χ4v) is 6.42. The molecule has 4 rings (SSSR count). The summed E-state index contributed by atoms with van der Waals surface area (Å²) in [6, 6.07) is 6.75. The Kier molecular flexibility index (Phi) is 8.43. The van der Waals surface area contributed by atoms with Crippen LogP contribution in [0.5, 0.6) is 11.5 Å². The summed E-state index contributed by atoms with van der Waals surface area (Å²) in [5.74, 6) is 0.883. The Morgan fingerprint density at radius 3 is 2.66 bits per heavy atom. The number of benzene rings is 1. The average Bonchev–Trinajstić information content (AvgIpc) is 3.45. The molecule has 1 aromatic carbocycles. The molecule has 38 heavy (non-hydrogen) atoms. The molecule has 0 saturated carbocycles. The number of fused-ring (bicyclic) bond motifs is 2. The molecular weight excluding hydrogens is 532 g/mol. The summed E-state index contributed by atoms with van der Waals surface area (Å²) in [5.41, 5.74) is 3.14. The summed E-state index contributed by atoms with van der Waals surface area (Å²) in [7, 11) is -4.81. The molecule has 3 N–H and O–H groups in total. The first-order valence-electron chi connectivity index (χ1n) is 12.3. The second kappa shape index (κ2) is 11.3. The van der Waals surface area contributed by atoms with Crippen molar-refractivity contribution in [1.29, 1.82) is 0 Å². The van der Waals surface area contributed by atoms with Crippen molar-refractivity contribution in [2.45, 2.75) is 57.5 Å². The van der Waals surface area contributed by atoms with E-state index in [1.165, 1.54) is 0 Å². The quantitative estimate of drug-likeness (QED) is 0.392. The van der Waals surface area contributed by atoms with Gasteiger partial charge in [0.1, 0.15) is 16.7 Å². The highest BCUT2D eigenvalue weighted by Crippen LogP contribution is 2.41. The van der Waals surface area contributed by atoms with Crippen molar-refractivity contribution >= 4 is 26.9 Å². The van der Waals surface area contributed by atoms with Gasteiger partial charge in [0.2, 0.25) is 16.8 Å². The van der Waals surface area contributed by atoms with Crippen molar-refractivity contribution < 1.29 is 32.0 Å². The van der Waals surface area contributed by atoms with E-state index in [-0.39, 0.29) is 44.6 Å². The number of sulfonamides is 1. The van der Waals surface area contributed by atoms with Crippen molar-refractivity contribution in [2.24, 2.45) is 0 Å². The van der Waals surface area contributed by atoms with Gasteiger partial charge in [-0.3, -0.25) is 4.79 Å².